The molecule has 0 spiro atoms. The highest BCUT2D eigenvalue weighted by Gasteiger charge is 2.16. The molecule has 0 amide bonds. The summed E-state index contributed by atoms with van der Waals surface area (Å²) in [5, 5.41) is 6.73. The predicted molar refractivity (Wildman–Crippen MR) is 68.1 cm³/mol. The molecule has 0 aliphatic rings. The van der Waals surface area contributed by atoms with Crippen LogP contribution in [0, 0.1) is 0 Å². The van der Waals surface area contributed by atoms with Crippen molar-refractivity contribution in [1.29, 1.82) is 0 Å². The van der Waals surface area contributed by atoms with Crippen LogP contribution in [0.5, 0.6) is 17.2 Å². The molecule has 6 heteroatoms. The predicted octanol–water partition coefficient (Wildman–Crippen LogP) is 1.68. The second kappa shape index (κ2) is 4.87. The molecular formula is C12H15N3O3. The number of benzene rings is 1. The Morgan fingerprint density at radius 2 is 1.83 bits per heavy atom. The molecule has 0 saturated carbocycles. The average molecular weight is 249 g/mol. The van der Waals surface area contributed by atoms with Gasteiger partial charge in [-0.25, -0.2) is 0 Å². The summed E-state index contributed by atoms with van der Waals surface area (Å²) < 4.78 is 15.9. The Kier molecular flexibility index (Phi) is 3.27. The Morgan fingerprint density at radius 3 is 2.33 bits per heavy atom. The summed E-state index contributed by atoms with van der Waals surface area (Å²) in [5.41, 5.74) is 7.12. The summed E-state index contributed by atoms with van der Waals surface area (Å²) in [6, 6.07) is 5.30. The number of hydrogen-bond donors (Lipinski definition) is 2. The Balaban J connectivity index is 2.63. The maximum atomic E-state index is 5.60. The van der Waals surface area contributed by atoms with Crippen LogP contribution in [0.2, 0.25) is 0 Å². The lowest BCUT2D eigenvalue weighted by Gasteiger charge is -2.13. The molecule has 6 nitrogen and oxygen atoms in total. The fourth-order valence-electron chi connectivity index (χ4n) is 1.73. The number of rotatable bonds is 4. The first kappa shape index (κ1) is 12.1. The number of methoxy groups -OCH3 is 3. The van der Waals surface area contributed by atoms with E-state index in [1.165, 1.54) is 0 Å². The number of nitrogens with two attached hydrogens (primary N) is 1. The van der Waals surface area contributed by atoms with Crippen LogP contribution in [0.25, 0.3) is 11.3 Å². The third-order valence-electron chi connectivity index (χ3n) is 2.58. The van der Waals surface area contributed by atoms with Crippen LogP contribution in [-0.4, -0.2) is 31.5 Å². The van der Waals surface area contributed by atoms with Gasteiger partial charge in [-0.05, 0) is 6.07 Å². The Labute approximate surface area is 105 Å². The fraction of sp³-hybridized carbons (Fsp3) is 0.250. The van der Waals surface area contributed by atoms with Gasteiger partial charge in [-0.15, -0.1) is 0 Å². The van der Waals surface area contributed by atoms with Crippen molar-refractivity contribution < 1.29 is 14.2 Å². The van der Waals surface area contributed by atoms with Gasteiger partial charge in [0.15, 0.2) is 11.5 Å². The van der Waals surface area contributed by atoms with Crippen molar-refractivity contribution in [2.45, 2.75) is 0 Å². The second-order valence-electron chi connectivity index (χ2n) is 3.62. The minimum atomic E-state index is 0.411. The van der Waals surface area contributed by atoms with Crippen molar-refractivity contribution in [3.63, 3.8) is 0 Å². The lowest BCUT2D eigenvalue weighted by atomic mass is 10.1. The van der Waals surface area contributed by atoms with Crippen LogP contribution in [0.3, 0.4) is 0 Å². The first-order valence-electron chi connectivity index (χ1n) is 5.31. The van der Waals surface area contributed by atoms with E-state index in [2.05, 4.69) is 10.2 Å². The van der Waals surface area contributed by atoms with Gasteiger partial charge in [0.05, 0.1) is 27.0 Å². The molecule has 0 fully saturated rings. The lowest BCUT2D eigenvalue weighted by molar-refractivity contribution is 0.350. The summed E-state index contributed by atoms with van der Waals surface area (Å²) in [6.45, 7) is 0. The zero-order chi connectivity index (χ0) is 13.1. The van der Waals surface area contributed by atoms with Crippen molar-refractivity contribution in [2.24, 2.45) is 0 Å². The van der Waals surface area contributed by atoms with Crippen LogP contribution in [0.1, 0.15) is 0 Å². The smallest absolute Gasteiger partial charge is 0.170 e. The number of aromatic amines is 1. The van der Waals surface area contributed by atoms with E-state index in [0.717, 1.165) is 11.3 Å². The molecule has 1 aromatic carbocycles. The summed E-state index contributed by atoms with van der Waals surface area (Å²) in [6.07, 6.45) is 0. The molecule has 1 heterocycles. The van der Waals surface area contributed by atoms with Gasteiger partial charge in [-0.2, -0.15) is 5.10 Å². The summed E-state index contributed by atoms with van der Waals surface area (Å²) in [5.74, 6) is 2.26. The SMILES string of the molecule is COc1cc(OC)c(OC)c(-c2cc(N)n[nH]2)c1. The highest BCUT2D eigenvalue weighted by atomic mass is 16.5. The third-order valence-corrected chi connectivity index (χ3v) is 2.58. The molecule has 0 aliphatic carbocycles. The molecule has 2 rings (SSSR count). The van der Waals surface area contributed by atoms with Crippen LogP contribution in [0.15, 0.2) is 18.2 Å². The number of anilines is 1. The number of nitrogen functional groups attached to an aromatic ring is 1. The molecule has 0 aliphatic heterocycles. The van der Waals surface area contributed by atoms with Crippen molar-refractivity contribution in [3.05, 3.63) is 18.2 Å². The quantitative estimate of drug-likeness (QED) is 0.861. The largest absolute Gasteiger partial charge is 0.497 e. The van der Waals surface area contributed by atoms with Crippen molar-refractivity contribution >= 4 is 5.82 Å². The molecule has 96 valence electrons. The summed E-state index contributed by atoms with van der Waals surface area (Å²) in [4.78, 5) is 0. The van der Waals surface area contributed by atoms with E-state index in [4.69, 9.17) is 19.9 Å². The zero-order valence-electron chi connectivity index (χ0n) is 10.5. The summed E-state index contributed by atoms with van der Waals surface area (Å²) in [7, 11) is 4.74. The molecule has 0 unspecified atom stereocenters. The lowest BCUT2D eigenvalue weighted by Crippen LogP contribution is -1.95. The van der Waals surface area contributed by atoms with Gasteiger partial charge >= 0.3 is 0 Å². The van der Waals surface area contributed by atoms with Gasteiger partial charge in [0.2, 0.25) is 0 Å². The molecule has 1 aromatic heterocycles. The van der Waals surface area contributed by atoms with Crippen molar-refractivity contribution in [2.75, 3.05) is 27.1 Å². The van der Waals surface area contributed by atoms with Crippen LogP contribution in [-0.2, 0) is 0 Å². The molecule has 0 radical (unpaired) electrons. The number of aromatic nitrogens is 2. The number of H-pyrrole nitrogens is 1. The number of nitrogens with zero attached hydrogens (tertiary/aromatic N) is 1. The van der Waals surface area contributed by atoms with E-state index >= 15 is 0 Å². The van der Waals surface area contributed by atoms with Crippen molar-refractivity contribution in [3.8, 4) is 28.5 Å². The minimum absolute atomic E-state index is 0.411. The van der Waals surface area contributed by atoms with E-state index in [-0.39, 0.29) is 0 Å². The second-order valence-corrected chi connectivity index (χ2v) is 3.62. The van der Waals surface area contributed by atoms with Gasteiger partial charge in [-0.1, -0.05) is 0 Å². The first-order valence-corrected chi connectivity index (χ1v) is 5.31. The minimum Gasteiger partial charge on any atom is -0.497 e. The number of hydrogen-bond acceptors (Lipinski definition) is 5. The van der Waals surface area contributed by atoms with Crippen molar-refractivity contribution in [1.82, 2.24) is 10.2 Å². The Morgan fingerprint density at radius 1 is 1.06 bits per heavy atom. The molecule has 3 N–H and O–H groups in total. The Hall–Kier alpha value is -2.37. The number of nitrogens with one attached hydrogen (secondary N) is 1. The standard InChI is InChI=1S/C12H15N3O3/c1-16-7-4-8(9-6-11(13)15-14-9)12(18-3)10(5-7)17-2/h4-6H,1-3H3,(H3,13,14,15). The highest BCUT2D eigenvalue weighted by molar-refractivity contribution is 5.74. The van der Waals surface area contributed by atoms with Gasteiger partial charge in [0.1, 0.15) is 11.6 Å². The molecule has 0 saturated heterocycles. The molecule has 2 aromatic rings. The van der Waals surface area contributed by atoms with Crippen LogP contribution < -0.4 is 19.9 Å². The summed E-state index contributed by atoms with van der Waals surface area (Å²) >= 11 is 0. The first-order chi connectivity index (χ1) is 8.69. The third kappa shape index (κ3) is 2.04. The van der Waals surface area contributed by atoms with E-state index < -0.39 is 0 Å². The maximum Gasteiger partial charge on any atom is 0.170 e. The van der Waals surface area contributed by atoms with E-state index in [0.29, 0.717) is 23.1 Å². The normalized spacial score (nSPS) is 10.2. The average Bonchev–Trinajstić information content (AvgIpc) is 2.83. The van der Waals surface area contributed by atoms with Crippen LogP contribution in [0.4, 0.5) is 5.82 Å². The van der Waals surface area contributed by atoms with Gasteiger partial charge in [0.25, 0.3) is 0 Å². The van der Waals surface area contributed by atoms with E-state index in [1.807, 2.05) is 6.07 Å². The van der Waals surface area contributed by atoms with Gasteiger partial charge in [-0.3, -0.25) is 5.10 Å². The van der Waals surface area contributed by atoms with E-state index in [9.17, 15) is 0 Å². The zero-order valence-corrected chi connectivity index (χ0v) is 10.5. The maximum absolute atomic E-state index is 5.60. The molecule has 0 atom stereocenters. The monoisotopic (exact) mass is 249 g/mol. The highest BCUT2D eigenvalue weighted by Crippen LogP contribution is 2.41. The molecule has 0 bridgehead atoms. The topological polar surface area (TPSA) is 82.4 Å². The van der Waals surface area contributed by atoms with Gasteiger partial charge < -0.3 is 19.9 Å². The molecular weight excluding hydrogens is 234 g/mol. The number of ether oxygens (including phenoxy) is 3. The Bertz CT molecular complexity index is 551. The molecule has 18 heavy (non-hydrogen) atoms. The fourth-order valence-corrected chi connectivity index (χ4v) is 1.73. The van der Waals surface area contributed by atoms with E-state index in [1.54, 1.807) is 33.5 Å². The van der Waals surface area contributed by atoms with Gasteiger partial charge in [0, 0.05) is 17.7 Å². The van der Waals surface area contributed by atoms with Crippen LogP contribution >= 0.6 is 0 Å².